The molecule has 2 unspecified atom stereocenters. The Labute approximate surface area is 178 Å². The van der Waals surface area contributed by atoms with E-state index < -0.39 is 24.0 Å². The number of fused-ring (bicyclic) bond motifs is 2. The smallest absolute Gasteiger partial charge is 0.329 e. The summed E-state index contributed by atoms with van der Waals surface area (Å²) in [6, 6.07) is 11.8. The molecule has 158 valence electrons. The number of nitrogens with zero attached hydrogens (tertiary/aromatic N) is 2. The van der Waals surface area contributed by atoms with Crippen LogP contribution in [0.25, 0.3) is 0 Å². The van der Waals surface area contributed by atoms with Gasteiger partial charge in [0.1, 0.15) is 19.3 Å². The van der Waals surface area contributed by atoms with Gasteiger partial charge in [0.2, 0.25) is 0 Å². The van der Waals surface area contributed by atoms with E-state index in [0.717, 1.165) is 4.90 Å². The Bertz CT molecular complexity index is 1100. The first-order valence-corrected chi connectivity index (χ1v) is 9.87. The van der Waals surface area contributed by atoms with Crippen LogP contribution in [0.3, 0.4) is 0 Å². The van der Waals surface area contributed by atoms with Crippen molar-refractivity contribution < 1.29 is 23.9 Å². The zero-order valence-electron chi connectivity index (χ0n) is 16.7. The highest BCUT2D eigenvalue weighted by atomic mass is 16.6. The predicted octanol–water partition coefficient (Wildman–Crippen LogP) is 1.72. The second-order valence-corrected chi connectivity index (χ2v) is 7.44. The van der Waals surface area contributed by atoms with Crippen LogP contribution in [0.4, 0.5) is 16.2 Å². The number of anilines is 2. The van der Waals surface area contributed by atoms with Crippen LogP contribution in [0.15, 0.2) is 60.3 Å². The van der Waals surface area contributed by atoms with E-state index >= 15 is 0 Å². The Morgan fingerprint density at radius 2 is 1.81 bits per heavy atom. The largest absolute Gasteiger partial charge is 0.486 e. The van der Waals surface area contributed by atoms with Gasteiger partial charge in [-0.15, -0.1) is 0 Å². The summed E-state index contributed by atoms with van der Waals surface area (Å²) in [5, 5.41) is 5.62. The van der Waals surface area contributed by atoms with Crippen LogP contribution >= 0.6 is 0 Å². The van der Waals surface area contributed by atoms with Crippen LogP contribution in [0.1, 0.15) is 0 Å². The molecule has 3 heterocycles. The lowest BCUT2D eigenvalue weighted by molar-refractivity contribution is -0.122. The fourth-order valence-electron chi connectivity index (χ4n) is 4.03. The monoisotopic (exact) mass is 420 g/mol. The summed E-state index contributed by atoms with van der Waals surface area (Å²) in [5.74, 6) is 0.382. The SMILES string of the molecule is CN1C=C(C(=O)Nc2ccc3c(c2)OCCO3)C2NC(=O)N(c3ccccc3)C(=O)C21. The minimum Gasteiger partial charge on any atom is -0.486 e. The molecular weight excluding hydrogens is 400 g/mol. The molecule has 1 saturated heterocycles. The van der Waals surface area contributed by atoms with Crippen LogP contribution in [-0.4, -0.2) is 55.1 Å². The first kappa shape index (κ1) is 19.0. The molecule has 0 aromatic heterocycles. The fourth-order valence-corrected chi connectivity index (χ4v) is 4.03. The highest BCUT2D eigenvalue weighted by Gasteiger charge is 2.49. The van der Waals surface area contributed by atoms with Crippen LogP contribution in [0.5, 0.6) is 11.5 Å². The van der Waals surface area contributed by atoms with Crippen molar-refractivity contribution in [2.24, 2.45) is 0 Å². The van der Waals surface area contributed by atoms with Crippen molar-refractivity contribution in [1.29, 1.82) is 0 Å². The maximum atomic E-state index is 13.1. The maximum absolute atomic E-state index is 13.1. The molecule has 5 rings (SSSR count). The molecule has 0 saturated carbocycles. The maximum Gasteiger partial charge on any atom is 0.329 e. The molecule has 3 aliphatic rings. The van der Waals surface area contributed by atoms with Crippen LogP contribution in [0, 0.1) is 0 Å². The molecule has 0 radical (unpaired) electrons. The summed E-state index contributed by atoms with van der Waals surface area (Å²) in [5.41, 5.74) is 1.31. The number of nitrogens with one attached hydrogen (secondary N) is 2. The van der Waals surface area contributed by atoms with E-state index in [9.17, 15) is 14.4 Å². The molecule has 1 fully saturated rings. The van der Waals surface area contributed by atoms with Crippen molar-refractivity contribution >= 4 is 29.2 Å². The third-order valence-electron chi connectivity index (χ3n) is 5.46. The number of amides is 4. The van der Waals surface area contributed by atoms with Crippen molar-refractivity contribution in [2.75, 3.05) is 30.5 Å². The lowest BCUT2D eigenvalue weighted by Crippen LogP contribution is -2.65. The van der Waals surface area contributed by atoms with E-state index in [0.29, 0.717) is 41.7 Å². The number of rotatable bonds is 3. The fraction of sp³-hybridized carbons (Fsp3) is 0.227. The predicted molar refractivity (Wildman–Crippen MR) is 112 cm³/mol. The molecule has 2 N–H and O–H groups in total. The minimum atomic E-state index is -0.748. The number of benzene rings is 2. The zero-order valence-corrected chi connectivity index (χ0v) is 16.7. The molecule has 4 amide bonds. The number of para-hydroxylation sites is 1. The first-order chi connectivity index (χ1) is 15.0. The van der Waals surface area contributed by atoms with E-state index in [1.165, 1.54) is 0 Å². The van der Waals surface area contributed by atoms with E-state index in [2.05, 4.69) is 10.6 Å². The zero-order chi connectivity index (χ0) is 21.5. The van der Waals surface area contributed by atoms with Gasteiger partial charge in [0, 0.05) is 25.0 Å². The Hall–Kier alpha value is -4.01. The first-order valence-electron chi connectivity index (χ1n) is 9.87. The number of carbonyl (C=O) groups is 3. The molecule has 0 spiro atoms. The van der Waals surface area contributed by atoms with Crippen LogP contribution in [-0.2, 0) is 9.59 Å². The van der Waals surface area contributed by atoms with Gasteiger partial charge in [-0.25, -0.2) is 9.69 Å². The summed E-state index contributed by atoms with van der Waals surface area (Å²) >= 11 is 0. The summed E-state index contributed by atoms with van der Waals surface area (Å²) in [7, 11) is 1.71. The summed E-state index contributed by atoms with van der Waals surface area (Å²) in [6.45, 7) is 0.922. The van der Waals surface area contributed by atoms with Crippen molar-refractivity contribution in [3.63, 3.8) is 0 Å². The number of likely N-dealkylation sites (N-methyl/N-ethyl adjacent to an activating group) is 1. The molecule has 0 bridgehead atoms. The Balaban J connectivity index is 1.36. The number of imide groups is 1. The van der Waals surface area contributed by atoms with Crippen LogP contribution < -0.4 is 25.0 Å². The average Bonchev–Trinajstić information content (AvgIpc) is 3.11. The molecule has 31 heavy (non-hydrogen) atoms. The van der Waals surface area contributed by atoms with Crippen molar-refractivity contribution in [3.05, 3.63) is 60.3 Å². The number of urea groups is 1. The number of hydrogen-bond donors (Lipinski definition) is 2. The molecule has 9 nitrogen and oxygen atoms in total. The second kappa shape index (κ2) is 7.35. The number of hydrogen-bond acceptors (Lipinski definition) is 6. The third kappa shape index (κ3) is 3.24. The van der Waals surface area contributed by atoms with Gasteiger partial charge in [-0.2, -0.15) is 0 Å². The summed E-state index contributed by atoms with van der Waals surface area (Å²) in [6.07, 6.45) is 1.59. The molecular formula is C22H20N4O5. The van der Waals surface area contributed by atoms with E-state index in [1.807, 2.05) is 6.07 Å². The average molecular weight is 420 g/mol. The van der Waals surface area contributed by atoms with E-state index in [-0.39, 0.29) is 5.91 Å². The Kier molecular flexibility index (Phi) is 4.50. The topological polar surface area (TPSA) is 100 Å². The highest BCUT2D eigenvalue weighted by molar-refractivity contribution is 6.20. The third-order valence-corrected chi connectivity index (χ3v) is 5.46. The van der Waals surface area contributed by atoms with Crippen molar-refractivity contribution in [1.82, 2.24) is 10.2 Å². The second-order valence-electron chi connectivity index (χ2n) is 7.44. The molecule has 9 heteroatoms. The summed E-state index contributed by atoms with van der Waals surface area (Å²) in [4.78, 5) is 41.6. The lowest BCUT2D eigenvalue weighted by atomic mass is 9.99. The lowest BCUT2D eigenvalue weighted by Gasteiger charge is -2.37. The normalized spacial score (nSPS) is 21.9. The molecule has 2 aromatic carbocycles. The Morgan fingerprint density at radius 1 is 1.06 bits per heavy atom. The molecule has 3 aliphatic heterocycles. The quantitative estimate of drug-likeness (QED) is 0.784. The highest BCUT2D eigenvalue weighted by Crippen LogP contribution is 2.34. The Morgan fingerprint density at radius 3 is 2.58 bits per heavy atom. The van der Waals surface area contributed by atoms with Gasteiger partial charge >= 0.3 is 6.03 Å². The van der Waals surface area contributed by atoms with E-state index in [4.69, 9.17) is 9.47 Å². The molecule has 2 atom stereocenters. The minimum absolute atomic E-state index is 0.303. The van der Waals surface area contributed by atoms with Gasteiger partial charge in [0.05, 0.1) is 17.3 Å². The van der Waals surface area contributed by atoms with Gasteiger partial charge in [0.15, 0.2) is 11.5 Å². The molecule has 2 aromatic rings. The van der Waals surface area contributed by atoms with Gasteiger partial charge in [-0.1, -0.05) is 18.2 Å². The standard InChI is InChI=1S/C22H20N4O5/c1-25-12-15(20(27)23-13-7-8-16-17(11-13)31-10-9-30-16)18-19(25)21(28)26(22(29)24-18)14-5-3-2-4-6-14/h2-8,11-12,18-19H,9-10H2,1H3,(H,23,27)(H,24,29). The van der Waals surface area contributed by atoms with Gasteiger partial charge in [0.25, 0.3) is 11.8 Å². The molecule has 0 aliphatic carbocycles. The van der Waals surface area contributed by atoms with Crippen molar-refractivity contribution in [3.8, 4) is 11.5 Å². The van der Waals surface area contributed by atoms with Gasteiger partial charge < -0.3 is 25.0 Å². The van der Waals surface area contributed by atoms with Gasteiger partial charge in [-0.05, 0) is 24.3 Å². The van der Waals surface area contributed by atoms with Crippen molar-refractivity contribution in [2.45, 2.75) is 12.1 Å². The summed E-state index contributed by atoms with van der Waals surface area (Å²) < 4.78 is 11.0. The number of ether oxygens (including phenoxy) is 2. The van der Waals surface area contributed by atoms with E-state index in [1.54, 1.807) is 60.6 Å². The van der Waals surface area contributed by atoms with Crippen LogP contribution in [0.2, 0.25) is 0 Å². The van der Waals surface area contributed by atoms with Gasteiger partial charge in [-0.3, -0.25) is 9.59 Å². The number of carbonyl (C=O) groups excluding carboxylic acids is 3.